The minimum absolute atomic E-state index is 0.259. The first-order valence-corrected chi connectivity index (χ1v) is 5.73. The molecule has 0 fully saturated rings. The molecule has 0 saturated heterocycles. The summed E-state index contributed by atoms with van der Waals surface area (Å²) in [7, 11) is 2.95. The summed E-state index contributed by atoms with van der Waals surface area (Å²) in [5.74, 6) is -0.788. The number of esters is 1. The van der Waals surface area contributed by atoms with Crippen LogP contribution in [0, 0.1) is 0 Å². The molecule has 0 bridgehead atoms. The van der Waals surface area contributed by atoms with Gasteiger partial charge in [0.05, 0.1) is 24.4 Å². The van der Waals surface area contributed by atoms with Crippen molar-refractivity contribution < 1.29 is 14.3 Å². The first-order valence-electron chi connectivity index (χ1n) is 5.35. The average molecular weight is 271 g/mol. The topological polar surface area (TPSA) is 67.4 Å². The van der Waals surface area contributed by atoms with Crippen molar-refractivity contribution in [2.24, 2.45) is 0 Å². The van der Waals surface area contributed by atoms with Crippen molar-refractivity contribution in [3.8, 4) is 0 Å². The summed E-state index contributed by atoms with van der Waals surface area (Å²) in [5, 5.41) is 5.86. The van der Waals surface area contributed by atoms with Crippen LogP contribution in [0.25, 0.3) is 0 Å². The minimum Gasteiger partial charge on any atom is -0.465 e. The predicted octanol–water partition coefficient (Wildman–Crippen LogP) is 1.67. The highest BCUT2D eigenvalue weighted by molar-refractivity contribution is 6.31. The molecule has 1 unspecified atom stereocenters. The Kier molecular flexibility index (Phi) is 5.12. The van der Waals surface area contributed by atoms with Gasteiger partial charge >= 0.3 is 5.97 Å². The summed E-state index contributed by atoms with van der Waals surface area (Å²) in [4.78, 5) is 23.3. The van der Waals surface area contributed by atoms with E-state index in [4.69, 9.17) is 11.6 Å². The first-order chi connectivity index (χ1) is 8.49. The second-order valence-electron chi connectivity index (χ2n) is 3.68. The molecule has 5 nitrogen and oxygen atoms in total. The van der Waals surface area contributed by atoms with Crippen molar-refractivity contribution >= 4 is 29.2 Å². The van der Waals surface area contributed by atoms with Gasteiger partial charge in [0.15, 0.2) is 0 Å². The van der Waals surface area contributed by atoms with Gasteiger partial charge in [0, 0.05) is 5.02 Å². The third-order valence-electron chi connectivity index (χ3n) is 2.47. The van der Waals surface area contributed by atoms with Crippen LogP contribution in [0.2, 0.25) is 5.02 Å². The molecule has 18 heavy (non-hydrogen) atoms. The van der Waals surface area contributed by atoms with Crippen LogP contribution < -0.4 is 10.6 Å². The maximum atomic E-state index is 11.7. The number of anilines is 1. The Morgan fingerprint density at radius 1 is 1.39 bits per heavy atom. The number of carbonyl (C=O) groups is 2. The Labute approximate surface area is 110 Å². The number of benzene rings is 1. The molecule has 1 amide bonds. The number of likely N-dealkylation sites (N-methyl/N-ethyl adjacent to an activating group) is 1. The quantitative estimate of drug-likeness (QED) is 0.817. The van der Waals surface area contributed by atoms with Crippen molar-refractivity contribution in [3.05, 3.63) is 28.8 Å². The van der Waals surface area contributed by atoms with Crippen LogP contribution >= 0.6 is 11.6 Å². The van der Waals surface area contributed by atoms with Crippen molar-refractivity contribution in [3.63, 3.8) is 0 Å². The van der Waals surface area contributed by atoms with Gasteiger partial charge in [0.2, 0.25) is 5.91 Å². The number of methoxy groups -OCH3 is 1. The van der Waals surface area contributed by atoms with Gasteiger partial charge in [0.25, 0.3) is 0 Å². The van der Waals surface area contributed by atoms with Crippen LogP contribution in [-0.2, 0) is 9.53 Å². The number of nitrogens with one attached hydrogen (secondary N) is 2. The van der Waals surface area contributed by atoms with E-state index in [0.717, 1.165) is 0 Å². The SMILES string of the molecule is CNC(C)C(=O)Nc1cc(Cl)ccc1C(=O)OC. The summed E-state index contributed by atoms with van der Waals surface area (Å²) in [6.07, 6.45) is 0. The fourth-order valence-corrected chi connectivity index (χ4v) is 1.45. The van der Waals surface area contributed by atoms with E-state index in [2.05, 4.69) is 15.4 Å². The highest BCUT2D eigenvalue weighted by Crippen LogP contribution is 2.22. The molecule has 0 aliphatic carbocycles. The Balaban J connectivity index is 3.03. The van der Waals surface area contributed by atoms with Gasteiger partial charge in [-0.3, -0.25) is 4.79 Å². The zero-order valence-corrected chi connectivity index (χ0v) is 11.2. The van der Waals surface area contributed by atoms with E-state index in [1.807, 2.05) is 0 Å². The summed E-state index contributed by atoms with van der Waals surface area (Å²) in [5.41, 5.74) is 0.597. The molecule has 1 aromatic rings. The molecule has 0 aliphatic rings. The number of rotatable bonds is 4. The predicted molar refractivity (Wildman–Crippen MR) is 69.9 cm³/mol. The molecular weight excluding hydrogens is 256 g/mol. The fourth-order valence-electron chi connectivity index (χ4n) is 1.28. The molecule has 98 valence electrons. The Morgan fingerprint density at radius 3 is 2.61 bits per heavy atom. The summed E-state index contributed by atoms with van der Waals surface area (Å²) in [6.45, 7) is 1.71. The molecule has 1 atom stereocenters. The standard InChI is InChI=1S/C12H15ClN2O3/c1-7(14-2)11(16)15-10-6-8(13)4-5-9(10)12(17)18-3/h4-7,14H,1-3H3,(H,15,16). The molecule has 6 heteroatoms. The van der Waals surface area contributed by atoms with Gasteiger partial charge in [-0.2, -0.15) is 0 Å². The number of hydrogen-bond donors (Lipinski definition) is 2. The van der Waals surface area contributed by atoms with E-state index in [-0.39, 0.29) is 17.5 Å². The van der Waals surface area contributed by atoms with Gasteiger partial charge in [-0.05, 0) is 32.2 Å². The van der Waals surface area contributed by atoms with Crippen LogP contribution in [0.1, 0.15) is 17.3 Å². The fraction of sp³-hybridized carbons (Fsp3) is 0.333. The number of amides is 1. The molecular formula is C12H15ClN2O3. The van der Waals surface area contributed by atoms with Gasteiger partial charge < -0.3 is 15.4 Å². The second-order valence-corrected chi connectivity index (χ2v) is 4.12. The Bertz CT molecular complexity index is 463. The molecule has 0 aliphatic heterocycles. The van der Waals surface area contributed by atoms with Gasteiger partial charge in [-0.25, -0.2) is 4.79 Å². The van der Waals surface area contributed by atoms with Crippen LogP contribution in [0.4, 0.5) is 5.69 Å². The average Bonchev–Trinajstić information content (AvgIpc) is 2.37. The number of halogens is 1. The Morgan fingerprint density at radius 2 is 2.06 bits per heavy atom. The minimum atomic E-state index is -0.529. The number of ether oxygens (including phenoxy) is 1. The lowest BCUT2D eigenvalue weighted by Crippen LogP contribution is -2.35. The van der Waals surface area contributed by atoms with Gasteiger partial charge in [-0.1, -0.05) is 11.6 Å². The first kappa shape index (κ1) is 14.5. The number of hydrogen-bond acceptors (Lipinski definition) is 4. The zero-order valence-electron chi connectivity index (χ0n) is 10.4. The van der Waals surface area contributed by atoms with E-state index in [9.17, 15) is 9.59 Å². The van der Waals surface area contributed by atoms with E-state index < -0.39 is 5.97 Å². The molecule has 0 aromatic heterocycles. The van der Waals surface area contributed by atoms with Gasteiger partial charge in [-0.15, -0.1) is 0 Å². The third kappa shape index (κ3) is 3.45. The van der Waals surface area contributed by atoms with Crippen LogP contribution in [0.15, 0.2) is 18.2 Å². The molecule has 1 rings (SSSR count). The lowest BCUT2D eigenvalue weighted by molar-refractivity contribution is -0.117. The van der Waals surface area contributed by atoms with Crippen LogP contribution in [0.5, 0.6) is 0 Å². The van der Waals surface area contributed by atoms with E-state index in [1.165, 1.54) is 19.2 Å². The van der Waals surface area contributed by atoms with E-state index in [1.54, 1.807) is 20.0 Å². The largest absolute Gasteiger partial charge is 0.465 e. The summed E-state index contributed by atoms with van der Waals surface area (Å²) < 4.78 is 4.64. The van der Waals surface area contributed by atoms with Crippen molar-refractivity contribution in [2.45, 2.75) is 13.0 Å². The summed E-state index contributed by atoms with van der Waals surface area (Å²) >= 11 is 5.84. The number of carbonyl (C=O) groups excluding carboxylic acids is 2. The van der Waals surface area contributed by atoms with Crippen molar-refractivity contribution in [1.82, 2.24) is 5.32 Å². The molecule has 0 saturated carbocycles. The zero-order chi connectivity index (χ0) is 13.7. The lowest BCUT2D eigenvalue weighted by Gasteiger charge is -2.13. The summed E-state index contributed by atoms with van der Waals surface area (Å²) in [6, 6.07) is 4.20. The molecule has 0 spiro atoms. The van der Waals surface area contributed by atoms with E-state index in [0.29, 0.717) is 10.7 Å². The lowest BCUT2D eigenvalue weighted by atomic mass is 10.1. The second kappa shape index (κ2) is 6.37. The smallest absolute Gasteiger partial charge is 0.339 e. The molecule has 1 aromatic carbocycles. The van der Waals surface area contributed by atoms with Crippen LogP contribution in [0.3, 0.4) is 0 Å². The third-order valence-corrected chi connectivity index (χ3v) is 2.71. The molecule has 2 N–H and O–H groups in total. The highest BCUT2D eigenvalue weighted by Gasteiger charge is 2.16. The van der Waals surface area contributed by atoms with Crippen molar-refractivity contribution in [1.29, 1.82) is 0 Å². The molecule has 0 radical (unpaired) electrons. The van der Waals surface area contributed by atoms with E-state index >= 15 is 0 Å². The highest BCUT2D eigenvalue weighted by atomic mass is 35.5. The maximum absolute atomic E-state index is 11.7. The normalized spacial score (nSPS) is 11.8. The Hall–Kier alpha value is -1.59. The molecule has 0 heterocycles. The van der Waals surface area contributed by atoms with Crippen molar-refractivity contribution in [2.75, 3.05) is 19.5 Å². The maximum Gasteiger partial charge on any atom is 0.339 e. The van der Waals surface area contributed by atoms with Gasteiger partial charge in [0.1, 0.15) is 0 Å². The van der Waals surface area contributed by atoms with Crippen LogP contribution in [-0.4, -0.2) is 32.1 Å². The monoisotopic (exact) mass is 270 g/mol.